The molecule has 0 radical (unpaired) electrons. The predicted molar refractivity (Wildman–Crippen MR) is 153 cm³/mol. The lowest BCUT2D eigenvalue weighted by atomic mass is 9.73. The Morgan fingerprint density at radius 1 is 0.789 bits per heavy atom. The Bertz CT molecular complexity index is 1110. The summed E-state index contributed by atoms with van der Waals surface area (Å²) in [4.78, 5) is 23.0. The number of aromatic nitrogens is 2. The monoisotopic (exact) mass is 516 g/mol. The van der Waals surface area contributed by atoms with Crippen LogP contribution in [0.1, 0.15) is 121 Å². The summed E-state index contributed by atoms with van der Waals surface area (Å²) < 4.78 is 2.68. The molecule has 2 aliphatic carbocycles. The van der Waals surface area contributed by atoms with E-state index < -0.39 is 0 Å². The minimum atomic E-state index is 0.263. The van der Waals surface area contributed by atoms with Crippen molar-refractivity contribution in [2.45, 2.75) is 133 Å². The molecular weight excluding hydrogens is 468 g/mol. The fourth-order valence-corrected chi connectivity index (χ4v) is 9.75. The third-order valence-corrected chi connectivity index (χ3v) is 11.1. The number of carbonyl (C=O) groups excluding carboxylic acids is 1. The first-order chi connectivity index (χ1) is 18.6. The number of nitrogens with zero attached hydrogens (tertiary/aromatic N) is 4. The van der Waals surface area contributed by atoms with E-state index in [2.05, 4.69) is 38.6 Å². The van der Waals surface area contributed by atoms with Crippen LogP contribution in [0.25, 0.3) is 11.0 Å². The van der Waals surface area contributed by atoms with Gasteiger partial charge in [-0.05, 0) is 95.2 Å². The molecule has 7 rings (SSSR count). The van der Waals surface area contributed by atoms with Crippen molar-refractivity contribution in [1.29, 1.82) is 0 Å². The van der Waals surface area contributed by atoms with Crippen molar-refractivity contribution < 1.29 is 4.79 Å². The smallest absolute Gasteiger partial charge is 0.143 e. The molecule has 3 saturated heterocycles. The van der Waals surface area contributed by atoms with E-state index in [1.54, 1.807) is 6.92 Å². The maximum absolute atomic E-state index is 12.2. The van der Waals surface area contributed by atoms with Gasteiger partial charge in [0.05, 0.1) is 23.6 Å². The van der Waals surface area contributed by atoms with Crippen LogP contribution in [-0.4, -0.2) is 56.3 Å². The van der Waals surface area contributed by atoms with Crippen molar-refractivity contribution in [3.8, 4) is 0 Å². The highest BCUT2D eigenvalue weighted by Crippen LogP contribution is 2.48. The minimum absolute atomic E-state index is 0.263. The number of piperidine rings is 3. The highest BCUT2D eigenvalue weighted by molar-refractivity contribution is 5.78. The molecule has 3 aliphatic heterocycles. The first-order valence-electron chi connectivity index (χ1n) is 16.1. The van der Waals surface area contributed by atoms with Crippen LogP contribution in [0.3, 0.4) is 0 Å². The molecule has 0 unspecified atom stereocenters. The summed E-state index contributed by atoms with van der Waals surface area (Å²) in [7, 11) is 0. The van der Waals surface area contributed by atoms with E-state index in [1.807, 2.05) is 0 Å². The maximum atomic E-state index is 12.2. The van der Waals surface area contributed by atoms with Gasteiger partial charge < -0.3 is 4.57 Å². The first-order valence-corrected chi connectivity index (χ1v) is 16.1. The van der Waals surface area contributed by atoms with Crippen LogP contribution >= 0.6 is 0 Å². The Balaban J connectivity index is 1.20. The Hall–Kier alpha value is -1.72. The van der Waals surface area contributed by atoms with Gasteiger partial charge in [-0.25, -0.2) is 4.98 Å². The molecule has 5 nitrogen and oxygen atoms in total. The summed E-state index contributed by atoms with van der Waals surface area (Å²) in [6.07, 6.45) is 20.6. The van der Waals surface area contributed by atoms with Gasteiger partial charge in [0.1, 0.15) is 11.6 Å². The highest BCUT2D eigenvalue weighted by Gasteiger charge is 2.45. The average Bonchev–Trinajstić information content (AvgIpc) is 3.21. The zero-order chi connectivity index (χ0) is 25.6. The summed E-state index contributed by atoms with van der Waals surface area (Å²) in [5, 5.41) is 0. The summed E-state index contributed by atoms with van der Waals surface area (Å²) in [5.41, 5.74) is 2.45. The van der Waals surface area contributed by atoms with Crippen molar-refractivity contribution >= 4 is 16.8 Å². The van der Waals surface area contributed by atoms with Gasteiger partial charge in [-0.1, -0.05) is 50.7 Å². The molecule has 5 fully saturated rings. The topological polar surface area (TPSA) is 41.4 Å². The number of benzene rings is 1. The number of likely N-dealkylation sites (tertiary alicyclic amines) is 1. The molecule has 0 amide bonds. The van der Waals surface area contributed by atoms with Gasteiger partial charge in [0.25, 0.3) is 0 Å². The van der Waals surface area contributed by atoms with E-state index >= 15 is 0 Å². The Morgan fingerprint density at radius 3 is 2.24 bits per heavy atom. The Morgan fingerprint density at radius 2 is 1.50 bits per heavy atom. The third kappa shape index (κ3) is 4.76. The van der Waals surface area contributed by atoms with Crippen molar-refractivity contribution in [3.05, 3.63) is 30.1 Å². The van der Waals surface area contributed by atoms with Gasteiger partial charge in [0.15, 0.2) is 0 Å². The van der Waals surface area contributed by atoms with E-state index in [0.717, 1.165) is 48.4 Å². The second kappa shape index (κ2) is 10.7. The first kappa shape index (κ1) is 25.3. The van der Waals surface area contributed by atoms with Crippen LogP contribution in [-0.2, 0) is 4.79 Å². The van der Waals surface area contributed by atoms with Gasteiger partial charge in [-0.2, -0.15) is 0 Å². The lowest BCUT2D eigenvalue weighted by Crippen LogP contribution is -2.58. The molecule has 1 aromatic carbocycles. The van der Waals surface area contributed by atoms with E-state index in [4.69, 9.17) is 4.98 Å². The lowest BCUT2D eigenvalue weighted by Gasteiger charge is -2.55. The second-order valence-electron chi connectivity index (χ2n) is 13.7. The molecular formula is C33H48N4O. The molecule has 5 heteroatoms. The van der Waals surface area contributed by atoms with E-state index in [-0.39, 0.29) is 11.8 Å². The molecule has 7 atom stereocenters. The van der Waals surface area contributed by atoms with Gasteiger partial charge in [0.2, 0.25) is 0 Å². The molecule has 206 valence electrons. The maximum Gasteiger partial charge on any atom is 0.143 e. The third-order valence-electron chi connectivity index (χ3n) is 11.1. The fourth-order valence-electron chi connectivity index (χ4n) is 9.75. The minimum Gasteiger partial charge on any atom is -0.323 e. The largest absolute Gasteiger partial charge is 0.323 e. The standard InChI is InChI=1S/C33H48N4O/c1-23(38)22-35-16-7-6-15-32(35)33-34-30-13-4-5-14-31(30)37(33)29-20-26-11-8-12-27(21-29)36(26)28-18-24-9-2-3-10-25(17-24)19-28/h4-5,13-14,24-29,32H,2-3,6-12,15-22H2,1H3/t24-,25+,26-,27+,28-,29+,32-/m0/s1. The van der Waals surface area contributed by atoms with Crippen LogP contribution in [0.5, 0.6) is 0 Å². The van der Waals surface area contributed by atoms with E-state index in [9.17, 15) is 4.79 Å². The van der Waals surface area contributed by atoms with Crippen LogP contribution in [0, 0.1) is 11.8 Å². The summed E-state index contributed by atoms with van der Waals surface area (Å²) >= 11 is 0. The zero-order valence-corrected chi connectivity index (χ0v) is 23.6. The molecule has 1 aromatic heterocycles. The van der Waals surface area contributed by atoms with Gasteiger partial charge in [0, 0.05) is 24.2 Å². The highest BCUT2D eigenvalue weighted by atomic mass is 16.1. The summed E-state index contributed by atoms with van der Waals surface area (Å²) in [6, 6.07) is 11.9. The van der Waals surface area contributed by atoms with Crippen LogP contribution in [0.4, 0.5) is 0 Å². The van der Waals surface area contributed by atoms with Gasteiger partial charge in [-0.3, -0.25) is 14.6 Å². The van der Waals surface area contributed by atoms with Crippen molar-refractivity contribution in [1.82, 2.24) is 19.4 Å². The summed E-state index contributed by atoms with van der Waals surface area (Å²) in [6.45, 7) is 3.32. The number of ketones is 1. The van der Waals surface area contributed by atoms with Crippen LogP contribution in [0.15, 0.2) is 24.3 Å². The molecule has 4 heterocycles. The molecule has 4 bridgehead atoms. The SMILES string of the molecule is CC(=O)CN1CCCC[C@H]1c1nc2ccccc2n1[C@H]1C[C@H]2CCC[C@@H](C1)N2[C@@H]1C[C@@H]2CCCC[C@@H](C2)C1. The predicted octanol–water partition coefficient (Wildman–Crippen LogP) is 7.07. The number of fused-ring (bicyclic) bond motifs is 5. The van der Waals surface area contributed by atoms with E-state index in [0.29, 0.717) is 12.6 Å². The average molecular weight is 517 g/mol. The number of imidazole rings is 1. The van der Waals surface area contributed by atoms with Crippen LogP contribution < -0.4 is 0 Å². The van der Waals surface area contributed by atoms with Crippen LogP contribution in [0.2, 0.25) is 0 Å². The number of rotatable bonds is 5. The number of hydrogen-bond donors (Lipinski definition) is 0. The molecule has 5 aliphatic rings. The quantitative estimate of drug-likeness (QED) is 0.426. The Kier molecular flexibility index (Phi) is 7.11. The summed E-state index contributed by atoms with van der Waals surface area (Å²) in [5.74, 6) is 3.49. The van der Waals surface area contributed by atoms with Crippen molar-refractivity contribution in [3.63, 3.8) is 0 Å². The van der Waals surface area contributed by atoms with Crippen molar-refractivity contribution in [2.24, 2.45) is 11.8 Å². The molecule has 0 N–H and O–H groups in total. The van der Waals surface area contributed by atoms with Gasteiger partial charge >= 0.3 is 0 Å². The lowest BCUT2D eigenvalue weighted by molar-refractivity contribution is -0.119. The molecule has 0 spiro atoms. The Labute approximate surface area is 229 Å². The number of carbonyl (C=O) groups is 1. The van der Waals surface area contributed by atoms with Gasteiger partial charge in [-0.15, -0.1) is 0 Å². The molecule has 38 heavy (non-hydrogen) atoms. The zero-order valence-electron chi connectivity index (χ0n) is 23.6. The number of Topliss-reactive ketones (excluding diaryl/α,β-unsaturated/α-hetero) is 1. The normalized spacial score (nSPS) is 36.7. The second-order valence-corrected chi connectivity index (χ2v) is 13.7. The number of hydrogen-bond acceptors (Lipinski definition) is 4. The molecule has 2 aromatic rings. The number of para-hydroxylation sites is 2. The van der Waals surface area contributed by atoms with Crippen molar-refractivity contribution in [2.75, 3.05) is 13.1 Å². The molecule has 2 saturated carbocycles. The fraction of sp³-hybridized carbons (Fsp3) is 0.758. The van der Waals surface area contributed by atoms with E-state index in [1.165, 1.54) is 101 Å².